The number of nitrogens with zero attached hydrogens (tertiary/aromatic N) is 1. The molecule has 0 bridgehead atoms. The minimum absolute atomic E-state index is 0.492. The van der Waals surface area contributed by atoms with Crippen LogP contribution in [0.4, 0.5) is 0 Å². The quantitative estimate of drug-likeness (QED) is 0.867. The van der Waals surface area contributed by atoms with Crippen molar-refractivity contribution in [1.82, 2.24) is 10.2 Å². The molecule has 0 aliphatic carbocycles. The average Bonchev–Trinajstić information content (AvgIpc) is 2.74. The van der Waals surface area contributed by atoms with Crippen molar-refractivity contribution < 1.29 is 4.74 Å². The van der Waals surface area contributed by atoms with Gasteiger partial charge in [0.2, 0.25) is 0 Å². The second kappa shape index (κ2) is 8.40. The highest BCUT2D eigenvalue weighted by atomic mass is 16.5. The molecule has 1 heterocycles. The number of ether oxygens (including phenoxy) is 1. The minimum atomic E-state index is 0.492. The molecule has 1 saturated heterocycles. The molecule has 0 spiro atoms. The van der Waals surface area contributed by atoms with Crippen molar-refractivity contribution in [3.05, 3.63) is 29.3 Å². The van der Waals surface area contributed by atoms with Crippen LogP contribution in [-0.2, 0) is 13.1 Å². The van der Waals surface area contributed by atoms with E-state index in [-0.39, 0.29) is 0 Å². The van der Waals surface area contributed by atoms with Gasteiger partial charge in [0.15, 0.2) is 0 Å². The van der Waals surface area contributed by atoms with Crippen LogP contribution in [0, 0.1) is 0 Å². The van der Waals surface area contributed by atoms with Crippen molar-refractivity contribution in [3.8, 4) is 5.75 Å². The molecule has 0 aromatic heterocycles. The summed E-state index contributed by atoms with van der Waals surface area (Å²) < 4.78 is 5.57. The van der Waals surface area contributed by atoms with E-state index >= 15 is 0 Å². The molecule has 1 aliphatic rings. The molecule has 0 unspecified atom stereocenters. The van der Waals surface area contributed by atoms with E-state index in [4.69, 9.17) is 4.74 Å². The predicted molar refractivity (Wildman–Crippen MR) is 88.7 cm³/mol. The van der Waals surface area contributed by atoms with E-state index in [0.29, 0.717) is 6.04 Å². The van der Waals surface area contributed by atoms with Crippen molar-refractivity contribution >= 4 is 0 Å². The van der Waals surface area contributed by atoms with Crippen LogP contribution < -0.4 is 10.1 Å². The first-order valence-corrected chi connectivity index (χ1v) is 8.30. The summed E-state index contributed by atoms with van der Waals surface area (Å²) in [6.07, 6.45) is 5.46. The lowest BCUT2D eigenvalue weighted by atomic mass is 10.1. The molecular formula is C18H30N2O. The highest BCUT2D eigenvalue weighted by molar-refractivity contribution is 5.37. The summed E-state index contributed by atoms with van der Waals surface area (Å²) in [6, 6.07) is 7.17. The number of benzene rings is 1. The summed E-state index contributed by atoms with van der Waals surface area (Å²) in [7, 11) is 1.77. The highest BCUT2D eigenvalue weighted by Gasteiger charge is 2.11. The van der Waals surface area contributed by atoms with Crippen LogP contribution in [0.25, 0.3) is 0 Å². The Hall–Kier alpha value is -1.06. The summed E-state index contributed by atoms with van der Waals surface area (Å²) >= 11 is 0. The van der Waals surface area contributed by atoms with Crippen LogP contribution in [0.2, 0.25) is 0 Å². The Bertz CT molecular complexity index is 423. The van der Waals surface area contributed by atoms with Crippen LogP contribution in [-0.4, -0.2) is 31.1 Å². The third-order valence-corrected chi connectivity index (χ3v) is 4.16. The van der Waals surface area contributed by atoms with Crippen LogP contribution in [0.3, 0.4) is 0 Å². The Morgan fingerprint density at radius 2 is 1.86 bits per heavy atom. The van der Waals surface area contributed by atoms with Crippen LogP contribution in [0.5, 0.6) is 5.75 Å². The molecule has 1 aromatic rings. The SMILES string of the molecule is COc1cc(CN2CCCCCC2)ccc1CNC(C)C. The van der Waals surface area contributed by atoms with Crippen LogP contribution in [0.15, 0.2) is 18.2 Å². The lowest BCUT2D eigenvalue weighted by Gasteiger charge is -2.21. The number of rotatable bonds is 6. The summed E-state index contributed by atoms with van der Waals surface area (Å²) in [5, 5.41) is 3.46. The maximum absolute atomic E-state index is 5.57. The third kappa shape index (κ3) is 5.33. The van der Waals surface area contributed by atoms with Gasteiger partial charge >= 0.3 is 0 Å². The lowest BCUT2D eigenvalue weighted by molar-refractivity contribution is 0.276. The highest BCUT2D eigenvalue weighted by Crippen LogP contribution is 2.22. The topological polar surface area (TPSA) is 24.5 Å². The van der Waals surface area contributed by atoms with E-state index < -0.39 is 0 Å². The molecule has 1 N–H and O–H groups in total. The fourth-order valence-electron chi connectivity index (χ4n) is 2.90. The van der Waals surface area contributed by atoms with Crippen LogP contribution >= 0.6 is 0 Å². The summed E-state index contributed by atoms with van der Waals surface area (Å²) in [5.74, 6) is 1.01. The molecule has 0 radical (unpaired) electrons. The predicted octanol–water partition coefficient (Wildman–Crippen LogP) is 3.57. The number of hydrogen-bond donors (Lipinski definition) is 1. The first-order chi connectivity index (χ1) is 10.2. The molecule has 0 atom stereocenters. The van der Waals surface area contributed by atoms with E-state index in [1.165, 1.54) is 49.9 Å². The van der Waals surface area contributed by atoms with Gasteiger partial charge in [-0.05, 0) is 37.6 Å². The molecular weight excluding hydrogens is 260 g/mol. The number of nitrogens with one attached hydrogen (secondary N) is 1. The zero-order valence-corrected chi connectivity index (χ0v) is 13.8. The summed E-state index contributed by atoms with van der Waals surface area (Å²) in [4.78, 5) is 2.58. The van der Waals surface area contributed by atoms with Crippen LogP contribution in [0.1, 0.15) is 50.7 Å². The second-order valence-electron chi connectivity index (χ2n) is 6.37. The Labute approximate surface area is 129 Å². The molecule has 1 aromatic carbocycles. The average molecular weight is 290 g/mol. The molecule has 1 aliphatic heterocycles. The van der Waals surface area contributed by atoms with Crippen molar-refractivity contribution in [2.75, 3.05) is 20.2 Å². The smallest absolute Gasteiger partial charge is 0.123 e. The molecule has 2 rings (SSSR count). The first kappa shape index (κ1) is 16.3. The Morgan fingerprint density at radius 1 is 1.14 bits per heavy atom. The zero-order chi connectivity index (χ0) is 15.1. The van der Waals surface area contributed by atoms with E-state index in [1.807, 2.05) is 0 Å². The molecule has 3 heteroatoms. The maximum atomic E-state index is 5.57. The van der Waals surface area contributed by atoms with Gasteiger partial charge in [-0.3, -0.25) is 4.90 Å². The maximum Gasteiger partial charge on any atom is 0.123 e. The van der Waals surface area contributed by atoms with Crippen molar-refractivity contribution in [1.29, 1.82) is 0 Å². The largest absolute Gasteiger partial charge is 0.496 e. The zero-order valence-electron chi connectivity index (χ0n) is 13.8. The molecule has 3 nitrogen and oxygen atoms in total. The third-order valence-electron chi connectivity index (χ3n) is 4.16. The Kier molecular flexibility index (Phi) is 6.52. The number of methoxy groups -OCH3 is 1. The van der Waals surface area contributed by atoms with E-state index in [2.05, 4.69) is 42.3 Å². The molecule has 118 valence electrons. The van der Waals surface area contributed by atoms with Crippen molar-refractivity contribution in [2.24, 2.45) is 0 Å². The van der Waals surface area contributed by atoms with E-state index in [0.717, 1.165) is 18.8 Å². The van der Waals surface area contributed by atoms with E-state index in [1.54, 1.807) is 7.11 Å². The second-order valence-corrected chi connectivity index (χ2v) is 6.37. The monoisotopic (exact) mass is 290 g/mol. The van der Waals surface area contributed by atoms with Gasteiger partial charge in [-0.1, -0.05) is 38.8 Å². The summed E-state index contributed by atoms with van der Waals surface area (Å²) in [5.41, 5.74) is 2.60. The van der Waals surface area contributed by atoms with Gasteiger partial charge in [-0.25, -0.2) is 0 Å². The molecule has 0 saturated carbocycles. The molecule has 1 fully saturated rings. The number of likely N-dealkylation sites (tertiary alicyclic amines) is 1. The van der Waals surface area contributed by atoms with Gasteiger partial charge in [-0.15, -0.1) is 0 Å². The first-order valence-electron chi connectivity index (χ1n) is 8.30. The van der Waals surface area contributed by atoms with Gasteiger partial charge in [0.25, 0.3) is 0 Å². The lowest BCUT2D eigenvalue weighted by Crippen LogP contribution is -2.24. The Morgan fingerprint density at radius 3 is 2.48 bits per heavy atom. The standard InChI is InChI=1S/C18H30N2O/c1-15(2)19-13-17-9-8-16(12-18(17)21-3)14-20-10-6-4-5-7-11-20/h8-9,12,15,19H,4-7,10-11,13-14H2,1-3H3. The molecule has 0 amide bonds. The fourth-order valence-corrected chi connectivity index (χ4v) is 2.90. The minimum Gasteiger partial charge on any atom is -0.496 e. The van der Waals surface area contributed by atoms with Gasteiger partial charge in [-0.2, -0.15) is 0 Å². The summed E-state index contributed by atoms with van der Waals surface area (Å²) in [6.45, 7) is 8.72. The molecule has 21 heavy (non-hydrogen) atoms. The Balaban J connectivity index is 2.00. The van der Waals surface area contributed by atoms with Gasteiger partial charge in [0, 0.05) is 24.7 Å². The normalized spacial score (nSPS) is 17.0. The number of hydrogen-bond acceptors (Lipinski definition) is 3. The fraction of sp³-hybridized carbons (Fsp3) is 0.667. The van der Waals surface area contributed by atoms with Gasteiger partial charge < -0.3 is 10.1 Å². The van der Waals surface area contributed by atoms with E-state index in [9.17, 15) is 0 Å². The van der Waals surface area contributed by atoms with Gasteiger partial charge in [0.1, 0.15) is 5.75 Å². The van der Waals surface area contributed by atoms with Crippen molar-refractivity contribution in [3.63, 3.8) is 0 Å². The van der Waals surface area contributed by atoms with Crippen molar-refractivity contribution in [2.45, 2.75) is 58.7 Å². The van der Waals surface area contributed by atoms with Gasteiger partial charge in [0.05, 0.1) is 7.11 Å².